The molecule has 4 aromatic rings. The van der Waals surface area contributed by atoms with E-state index < -0.39 is 0 Å². The van der Waals surface area contributed by atoms with Crippen molar-refractivity contribution in [3.05, 3.63) is 59.5 Å². The second-order valence-electron chi connectivity index (χ2n) is 7.00. The lowest BCUT2D eigenvalue weighted by molar-refractivity contribution is 0.246. The van der Waals surface area contributed by atoms with Gasteiger partial charge in [0.05, 0.1) is 5.69 Å². The smallest absolute Gasteiger partial charge is 0.254 e. The number of rotatable bonds is 4. The number of benzene rings is 1. The van der Waals surface area contributed by atoms with Crippen molar-refractivity contribution >= 4 is 22.9 Å². The highest BCUT2D eigenvalue weighted by molar-refractivity contribution is 7.13. The molecule has 0 unspecified atom stereocenters. The van der Waals surface area contributed by atoms with Crippen LogP contribution in [-0.4, -0.2) is 55.6 Å². The Bertz CT molecular complexity index is 1080. The second-order valence-corrected chi connectivity index (χ2v) is 7.86. The van der Waals surface area contributed by atoms with Gasteiger partial charge in [-0.1, -0.05) is 30.3 Å². The number of thiazole rings is 1. The first-order chi connectivity index (χ1) is 13.8. The van der Waals surface area contributed by atoms with Crippen LogP contribution >= 0.6 is 11.3 Å². The van der Waals surface area contributed by atoms with Gasteiger partial charge in [-0.15, -0.1) is 11.3 Å². The fourth-order valence-electron chi connectivity index (χ4n) is 3.59. The second kappa shape index (κ2) is 7.29. The van der Waals surface area contributed by atoms with E-state index in [0.29, 0.717) is 5.78 Å². The average molecular weight is 392 g/mol. The van der Waals surface area contributed by atoms with Crippen molar-refractivity contribution in [3.8, 4) is 10.6 Å². The summed E-state index contributed by atoms with van der Waals surface area (Å²) in [6, 6.07) is 12.5. The molecule has 1 aromatic carbocycles. The molecule has 142 valence electrons. The number of hydrogen-bond donors (Lipinski definition) is 0. The van der Waals surface area contributed by atoms with Crippen LogP contribution in [0.25, 0.3) is 16.3 Å². The largest absolute Gasteiger partial charge is 0.354 e. The number of nitrogens with zero attached hydrogens (tertiary/aromatic N) is 7. The molecule has 4 heterocycles. The highest BCUT2D eigenvalue weighted by Gasteiger charge is 2.21. The number of fused-ring (bicyclic) bond motifs is 1. The van der Waals surface area contributed by atoms with Gasteiger partial charge in [0.2, 0.25) is 0 Å². The number of aromatic nitrogens is 5. The van der Waals surface area contributed by atoms with Crippen molar-refractivity contribution in [2.75, 3.05) is 31.1 Å². The van der Waals surface area contributed by atoms with Crippen molar-refractivity contribution in [1.29, 1.82) is 0 Å². The van der Waals surface area contributed by atoms with Crippen molar-refractivity contribution in [2.24, 2.45) is 0 Å². The van der Waals surface area contributed by atoms with Crippen LogP contribution in [-0.2, 0) is 6.54 Å². The molecule has 0 bridgehead atoms. The maximum absolute atomic E-state index is 4.83. The van der Waals surface area contributed by atoms with Gasteiger partial charge in [0, 0.05) is 55.4 Å². The number of piperazine rings is 1. The maximum Gasteiger partial charge on any atom is 0.254 e. The lowest BCUT2D eigenvalue weighted by atomic mass is 10.2. The third-order valence-corrected chi connectivity index (χ3v) is 5.96. The zero-order chi connectivity index (χ0) is 18.9. The molecular formula is C20H21N7S. The predicted molar refractivity (Wildman–Crippen MR) is 111 cm³/mol. The van der Waals surface area contributed by atoms with Crippen molar-refractivity contribution in [1.82, 2.24) is 29.5 Å². The Hall–Kier alpha value is -2.84. The van der Waals surface area contributed by atoms with Crippen LogP contribution in [0.1, 0.15) is 11.4 Å². The van der Waals surface area contributed by atoms with Gasteiger partial charge in [-0.2, -0.15) is 14.6 Å². The molecule has 0 amide bonds. The van der Waals surface area contributed by atoms with Gasteiger partial charge < -0.3 is 4.90 Å². The lowest BCUT2D eigenvalue weighted by Crippen LogP contribution is -2.46. The molecule has 8 heteroatoms. The van der Waals surface area contributed by atoms with Gasteiger partial charge in [0.1, 0.15) is 17.2 Å². The molecule has 1 fully saturated rings. The zero-order valence-corrected chi connectivity index (χ0v) is 16.5. The van der Waals surface area contributed by atoms with Crippen LogP contribution in [0, 0.1) is 6.92 Å². The summed E-state index contributed by atoms with van der Waals surface area (Å²) in [5, 5.41) is 7.61. The summed E-state index contributed by atoms with van der Waals surface area (Å²) in [5.41, 5.74) is 3.30. The number of anilines is 1. The summed E-state index contributed by atoms with van der Waals surface area (Å²) < 4.78 is 1.83. The highest BCUT2D eigenvalue weighted by atomic mass is 32.1. The zero-order valence-electron chi connectivity index (χ0n) is 15.7. The minimum Gasteiger partial charge on any atom is -0.354 e. The van der Waals surface area contributed by atoms with E-state index in [-0.39, 0.29) is 0 Å². The quantitative estimate of drug-likeness (QED) is 0.533. The molecule has 0 aliphatic carbocycles. The van der Waals surface area contributed by atoms with E-state index in [2.05, 4.69) is 60.6 Å². The molecule has 1 aliphatic heterocycles. The molecule has 0 radical (unpaired) electrons. The molecule has 0 atom stereocenters. The molecule has 1 saturated heterocycles. The minimum atomic E-state index is 0.661. The Morgan fingerprint density at radius 1 is 1.04 bits per heavy atom. The fourth-order valence-corrected chi connectivity index (χ4v) is 4.41. The van der Waals surface area contributed by atoms with Crippen LogP contribution in [0.15, 0.2) is 48.1 Å². The summed E-state index contributed by atoms with van der Waals surface area (Å²) >= 11 is 1.72. The van der Waals surface area contributed by atoms with Crippen molar-refractivity contribution in [2.45, 2.75) is 13.5 Å². The van der Waals surface area contributed by atoms with E-state index in [4.69, 9.17) is 4.98 Å². The third-order valence-electron chi connectivity index (χ3n) is 5.02. The van der Waals surface area contributed by atoms with Crippen LogP contribution in [0.4, 0.5) is 5.82 Å². The number of hydrogen-bond acceptors (Lipinski definition) is 7. The van der Waals surface area contributed by atoms with Gasteiger partial charge in [-0.25, -0.2) is 9.97 Å². The number of aryl methyl sites for hydroxylation is 1. The predicted octanol–water partition coefficient (Wildman–Crippen LogP) is 2.88. The molecule has 0 spiro atoms. The Labute approximate surface area is 167 Å². The van der Waals surface area contributed by atoms with E-state index in [9.17, 15) is 0 Å². The van der Waals surface area contributed by atoms with Gasteiger partial charge in [-0.3, -0.25) is 4.90 Å². The Morgan fingerprint density at radius 2 is 1.86 bits per heavy atom. The standard InChI is InChI=1S/C20H21N7S/c1-15-11-18(27-20(23-15)21-14-22-27)26-9-7-25(8-10-26)12-17-13-28-19(24-17)16-5-3-2-4-6-16/h2-6,11,13-14H,7-10,12H2,1H3. The van der Waals surface area contributed by atoms with E-state index in [0.717, 1.165) is 54.9 Å². The maximum atomic E-state index is 4.83. The molecule has 0 N–H and O–H groups in total. The molecule has 3 aromatic heterocycles. The molecular weight excluding hydrogens is 370 g/mol. The van der Waals surface area contributed by atoms with Crippen LogP contribution in [0.3, 0.4) is 0 Å². The Kier molecular flexibility index (Phi) is 4.50. The summed E-state index contributed by atoms with van der Waals surface area (Å²) in [4.78, 5) is 18.3. The van der Waals surface area contributed by atoms with Crippen molar-refractivity contribution < 1.29 is 0 Å². The van der Waals surface area contributed by atoms with Crippen LogP contribution < -0.4 is 4.90 Å². The highest BCUT2D eigenvalue weighted by Crippen LogP contribution is 2.24. The normalized spacial score (nSPS) is 15.4. The summed E-state index contributed by atoms with van der Waals surface area (Å²) in [6.45, 7) is 6.79. The SMILES string of the molecule is Cc1cc(N2CCN(Cc3csc(-c4ccccc4)n3)CC2)n2ncnc2n1. The van der Waals surface area contributed by atoms with Gasteiger partial charge in [0.25, 0.3) is 5.78 Å². The summed E-state index contributed by atoms with van der Waals surface area (Å²) in [5.74, 6) is 1.73. The monoisotopic (exact) mass is 391 g/mol. The van der Waals surface area contributed by atoms with Gasteiger partial charge >= 0.3 is 0 Å². The first kappa shape index (κ1) is 17.3. The average Bonchev–Trinajstić information content (AvgIpc) is 3.38. The van der Waals surface area contributed by atoms with E-state index in [1.807, 2.05) is 17.5 Å². The van der Waals surface area contributed by atoms with Crippen LogP contribution in [0.2, 0.25) is 0 Å². The summed E-state index contributed by atoms with van der Waals surface area (Å²) in [7, 11) is 0. The minimum absolute atomic E-state index is 0.661. The molecule has 0 saturated carbocycles. The van der Waals surface area contributed by atoms with Crippen LogP contribution in [0.5, 0.6) is 0 Å². The van der Waals surface area contributed by atoms with E-state index in [1.165, 1.54) is 5.56 Å². The lowest BCUT2D eigenvalue weighted by Gasteiger charge is -2.35. The van der Waals surface area contributed by atoms with E-state index in [1.54, 1.807) is 17.7 Å². The fraction of sp³-hybridized carbons (Fsp3) is 0.300. The molecule has 5 rings (SSSR count). The Balaban J connectivity index is 1.25. The topological polar surface area (TPSA) is 62.5 Å². The van der Waals surface area contributed by atoms with Gasteiger partial charge in [-0.05, 0) is 6.92 Å². The van der Waals surface area contributed by atoms with E-state index >= 15 is 0 Å². The first-order valence-corrected chi connectivity index (χ1v) is 10.3. The Morgan fingerprint density at radius 3 is 2.68 bits per heavy atom. The molecule has 7 nitrogen and oxygen atoms in total. The molecule has 28 heavy (non-hydrogen) atoms. The summed E-state index contributed by atoms with van der Waals surface area (Å²) in [6.07, 6.45) is 1.56. The van der Waals surface area contributed by atoms with Gasteiger partial charge in [0.15, 0.2) is 0 Å². The van der Waals surface area contributed by atoms with Crippen molar-refractivity contribution in [3.63, 3.8) is 0 Å². The third kappa shape index (κ3) is 3.36. The first-order valence-electron chi connectivity index (χ1n) is 9.41. The molecule has 1 aliphatic rings.